The molecule has 0 aromatic rings. The van der Waals surface area contributed by atoms with Gasteiger partial charge in [-0.1, -0.05) is 0 Å². The molecule has 0 atom stereocenters. The van der Waals surface area contributed by atoms with Gasteiger partial charge in [-0.05, 0) is 0 Å². The maximum absolute atomic E-state index is 8.95. The molecule has 0 spiro atoms. The zero-order chi connectivity index (χ0) is 8.04. The third-order valence-corrected chi connectivity index (χ3v) is 1.53. The number of hydrogen-bond donors (Lipinski definition) is 2. The second kappa shape index (κ2) is 5.20. The van der Waals surface area contributed by atoms with Crippen LogP contribution < -0.4 is 5.32 Å². The molecule has 62 valence electrons. The molecule has 0 unspecified atom stereocenters. The molecule has 0 saturated carbocycles. The minimum atomic E-state index is -4.19. The lowest BCUT2D eigenvalue weighted by Crippen LogP contribution is -2.04. The van der Waals surface area contributed by atoms with Crippen LogP contribution in [-0.2, 0) is 9.33 Å². The van der Waals surface area contributed by atoms with E-state index in [-0.39, 0.29) is 0 Å². The van der Waals surface area contributed by atoms with Crippen LogP contribution in [0.1, 0.15) is 0 Å². The Hall–Kier alpha value is 0.510. The first-order valence-electron chi connectivity index (χ1n) is 2.45. The van der Waals surface area contributed by atoms with E-state index in [0.29, 0.717) is 0 Å². The van der Waals surface area contributed by atoms with Gasteiger partial charge in [0.1, 0.15) is 0 Å². The van der Waals surface area contributed by atoms with Crippen LogP contribution in [0.4, 0.5) is 0 Å². The number of halogens is 1. The Labute approximate surface area is 68.6 Å². The fraction of sp³-hybridized carbons (Fsp3) is 1.00. The average molecular weight is 206 g/mol. The second-order valence-electron chi connectivity index (χ2n) is 1.46. The minimum absolute atomic E-state index is 1.17. The molecule has 0 amide bonds. The van der Waals surface area contributed by atoms with Crippen LogP contribution in [0.15, 0.2) is 0 Å². The highest BCUT2D eigenvalue weighted by atomic mass is 35.7. The number of thioether (sulfide) groups is 1. The zero-order valence-electron chi connectivity index (χ0n) is 5.08. The number of nitrogens with one attached hydrogen (secondary N) is 1. The van der Waals surface area contributed by atoms with Gasteiger partial charge in [0.25, 0.3) is 0 Å². The van der Waals surface area contributed by atoms with E-state index in [1.165, 1.54) is 18.2 Å². The van der Waals surface area contributed by atoms with Crippen LogP contribution in [0.3, 0.4) is 0 Å². The molecular weight excluding hydrogens is 198 g/mol. The molecular formula is C3H8ClNO3S2. The fourth-order valence-corrected chi connectivity index (χ4v) is 1.08. The van der Waals surface area contributed by atoms with Gasteiger partial charge < -0.3 is 5.32 Å². The zero-order valence-corrected chi connectivity index (χ0v) is 7.47. The van der Waals surface area contributed by atoms with Gasteiger partial charge in [0.2, 0.25) is 0 Å². The third kappa shape index (κ3) is 15.8. The van der Waals surface area contributed by atoms with Gasteiger partial charge in [0.05, 0.1) is 0 Å². The summed E-state index contributed by atoms with van der Waals surface area (Å²) in [6, 6.07) is 0. The van der Waals surface area contributed by atoms with E-state index in [0.717, 1.165) is 0 Å². The topological polar surface area (TPSA) is 66.4 Å². The normalized spacial score (nSPS) is 17.8. The van der Waals surface area contributed by atoms with Crippen molar-refractivity contribution in [3.8, 4) is 0 Å². The molecule has 0 aromatic carbocycles. The van der Waals surface area contributed by atoms with Crippen LogP contribution in [0.2, 0.25) is 0 Å². The van der Waals surface area contributed by atoms with E-state index in [2.05, 4.69) is 16.0 Å². The predicted octanol–water partition coefficient (Wildman–Crippen LogP) is 0.308. The summed E-state index contributed by atoms with van der Waals surface area (Å²) in [5.74, 6) is 2.47. The van der Waals surface area contributed by atoms with Gasteiger partial charge in [-0.2, -0.15) is 8.42 Å². The summed E-state index contributed by atoms with van der Waals surface area (Å²) in [5.41, 5.74) is 0. The molecule has 1 aliphatic rings. The van der Waals surface area contributed by atoms with Crippen LogP contribution in [0, 0.1) is 0 Å². The Morgan fingerprint density at radius 2 is 2.10 bits per heavy atom. The van der Waals surface area contributed by atoms with E-state index in [4.69, 9.17) is 13.0 Å². The smallest absolute Gasteiger partial charge is 0.307 e. The summed E-state index contributed by atoms with van der Waals surface area (Å²) < 4.78 is 25.2. The lowest BCUT2D eigenvalue weighted by molar-refractivity contribution is 0.501. The Balaban J connectivity index is 0.000000162. The van der Waals surface area contributed by atoms with Crippen LogP contribution in [0.5, 0.6) is 0 Å². The molecule has 0 radical (unpaired) electrons. The first-order chi connectivity index (χ1) is 4.50. The molecule has 1 rings (SSSR count). The number of hydrogen-bond acceptors (Lipinski definition) is 4. The first kappa shape index (κ1) is 10.5. The van der Waals surface area contributed by atoms with Crippen LogP contribution in [0.25, 0.3) is 0 Å². The van der Waals surface area contributed by atoms with Gasteiger partial charge in [-0.15, -0.1) is 11.8 Å². The van der Waals surface area contributed by atoms with Crippen molar-refractivity contribution in [3.63, 3.8) is 0 Å². The maximum Gasteiger partial charge on any atom is 0.353 e. The highest BCUT2D eigenvalue weighted by Crippen LogP contribution is 1.99. The Bertz CT molecular complexity index is 149. The lowest BCUT2D eigenvalue weighted by Gasteiger charge is -1.74. The highest BCUT2D eigenvalue weighted by Gasteiger charge is 1.93. The predicted molar refractivity (Wildman–Crippen MR) is 42.7 cm³/mol. The van der Waals surface area contributed by atoms with Crippen molar-refractivity contribution in [3.05, 3.63) is 0 Å². The third-order valence-electron chi connectivity index (χ3n) is 0.627. The van der Waals surface area contributed by atoms with Crippen molar-refractivity contribution >= 4 is 31.8 Å². The minimum Gasteiger partial charge on any atom is -0.307 e. The SMILES string of the molecule is C1CSCN1.O=S(=O)(O)Cl. The molecule has 10 heavy (non-hydrogen) atoms. The molecule has 1 heterocycles. The van der Waals surface area contributed by atoms with E-state index in [9.17, 15) is 0 Å². The summed E-state index contributed by atoms with van der Waals surface area (Å²) in [6.45, 7) is 1.21. The summed E-state index contributed by atoms with van der Waals surface area (Å²) in [5, 5.41) is 3.19. The lowest BCUT2D eigenvalue weighted by atomic mass is 10.8. The van der Waals surface area contributed by atoms with E-state index in [1.54, 1.807) is 0 Å². The van der Waals surface area contributed by atoms with Gasteiger partial charge >= 0.3 is 9.33 Å². The van der Waals surface area contributed by atoms with Gasteiger partial charge in [-0.3, -0.25) is 4.55 Å². The number of rotatable bonds is 0. The Kier molecular flexibility index (Phi) is 5.46. The summed E-state index contributed by atoms with van der Waals surface area (Å²) >= 11 is 1.96. The van der Waals surface area contributed by atoms with E-state index in [1.807, 2.05) is 11.8 Å². The molecule has 4 nitrogen and oxygen atoms in total. The second-order valence-corrected chi connectivity index (χ2v) is 4.56. The van der Waals surface area contributed by atoms with E-state index >= 15 is 0 Å². The van der Waals surface area contributed by atoms with Crippen LogP contribution in [-0.4, -0.2) is 31.1 Å². The highest BCUT2D eigenvalue weighted by molar-refractivity contribution is 8.09. The molecule has 0 aromatic heterocycles. The Morgan fingerprint density at radius 1 is 1.60 bits per heavy atom. The molecule has 2 N–H and O–H groups in total. The molecule has 1 fully saturated rings. The van der Waals surface area contributed by atoms with E-state index < -0.39 is 9.33 Å². The molecule has 1 saturated heterocycles. The Morgan fingerprint density at radius 3 is 2.20 bits per heavy atom. The summed E-state index contributed by atoms with van der Waals surface area (Å²) in [7, 11) is -0.137. The van der Waals surface area contributed by atoms with Gasteiger partial charge in [-0.25, -0.2) is 0 Å². The first-order valence-corrected chi connectivity index (χ1v) is 5.88. The summed E-state index contributed by atoms with van der Waals surface area (Å²) in [4.78, 5) is 0. The largest absolute Gasteiger partial charge is 0.353 e. The maximum atomic E-state index is 8.95. The van der Waals surface area contributed by atoms with Crippen molar-refractivity contribution < 1.29 is 13.0 Å². The molecule has 0 bridgehead atoms. The molecule has 0 aliphatic carbocycles. The van der Waals surface area contributed by atoms with Crippen molar-refractivity contribution in [2.24, 2.45) is 0 Å². The van der Waals surface area contributed by atoms with Crippen molar-refractivity contribution in [1.82, 2.24) is 5.32 Å². The summed E-state index contributed by atoms with van der Waals surface area (Å²) in [6.07, 6.45) is 0. The standard InChI is InChI=1S/C3H7NS.ClHO3S/c1-2-5-3-4-1;1-5(2,3)4/h4H,1-3H2;(H,2,3,4). The van der Waals surface area contributed by atoms with Crippen molar-refractivity contribution in [2.45, 2.75) is 0 Å². The average Bonchev–Trinajstić information content (AvgIpc) is 2.07. The van der Waals surface area contributed by atoms with Crippen molar-refractivity contribution in [1.29, 1.82) is 0 Å². The fourth-order valence-electron chi connectivity index (χ4n) is 0.361. The monoisotopic (exact) mass is 205 g/mol. The molecule has 1 aliphatic heterocycles. The van der Waals surface area contributed by atoms with Gasteiger partial charge in [0.15, 0.2) is 0 Å². The van der Waals surface area contributed by atoms with Crippen molar-refractivity contribution in [2.75, 3.05) is 18.2 Å². The molecule has 7 heteroatoms. The quantitative estimate of drug-likeness (QED) is 0.440. The van der Waals surface area contributed by atoms with Crippen LogP contribution >= 0.6 is 22.4 Å². The van der Waals surface area contributed by atoms with Gasteiger partial charge in [0, 0.05) is 28.9 Å².